The van der Waals surface area contributed by atoms with Crippen LogP contribution in [0.25, 0.3) is 0 Å². The molecule has 0 aromatic heterocycles. The summed E-state index contributed by atoms with van der Waals surface area (Å²) in [6, 6.07) is 12.1. The number of rotatable bonds is 26. The molecule has 0 saturated carbocycles. The van der Waals surface area contributed by atoms with Crippen molar-refractivity contribution < 1.29 is 24.0 Å². The van der Waals surface area contributed by atoms with Crippen LogP contribution in [0, 0.1) is 13.8 Å². The smallest absolute Gasteiger partial charge is 0.315 e. The van der Waals surface area contributed by atoms with Crippen molar-refractivity contribution in [1.82, 2.24) is 53.2 Å². The molecule has 0 spiro atoms. The first-order chi connectivity index (χ1) is 28.3. The number of nitrogens with one attached hydrogen (secondary N) is 10. The maximum Gasteiger partial charge on any atom is 0.315 e. The van der Waals surface area contributed by atoms with Crippen LogP contribution in [-0.2, 0) is 12.8 Å². The average Bonchev–Trinajstić information content (AvgIpc) is 3.21. The van der Waals surface area contributed by atoms with Gasteiger partial charge in [0.1, 0.15) is 0 Å². The van der Waals surface area contributed by atoms with E-state index in [0.29, 0.717) is 38.8 Å². The number of hydrogen-bond donors (Lipinski definition) is 13. The number of unbranched alkanes of at least 4 members (excludes halogenated alkanes) is 2. The average molecular weight is 826 g/mol. The van der Waals surface area contributed by atoms with Gasteiger partial charge in [-0.15, -0.1) is 0 Å². The molecule has 18 nitrogen and oxygen atoms in total. The molecule has 0 saturated heterocycles. The Hall–Kier alpha value is -5.33. The van der Waals surface area contributed by atoms with Gasteiger partial charge in [-0.05, 0) is 83.5 Å². The molecule has 59 heavy (non-hydrogen) atoms. The Bertz CT molecular complexity index is 1530. The standard InChI is InChI=1S/C41H71N13O5/c1-28-11-15-31(16-12-28)21-33(44)24-47-40(58)52-35(10-6-8-20-43)26-49-38(56)51-30(3)23-46-39(57)54-36(22-32-17-13-29(2)14-18-32)27-50-41(59)53-34(9-5-7-19-42)25-48-37(55)45-4/h11-18,30,33-36H,5-10,19-27,42-44H2,1-4H3,(H2,45,48,55)(H2,46,54,57)(H2,47,52,58)(H2,49,51,56)(H2,50,53,59)/t30-,33-,34-,35-,36-/m0/s1. The van der Waals surface area contributed by atoms with Crippen molar-refractivity contribution in [2.75, 3.05) is 52.9 Å². The van der Waals surface area contributed by atoms with Crippen LogP contribution < -0.4 is 70.4 Å². The van der Waals surface area contributed by atoms with Crippen molar-refractivity contribution in [1.29, 1.82) is 0 Å². The summed E-state index contributed by atoms with van der Waals surface area (Å²) in [6.07, 6.45) is 5.42. The molecule has 5 atom stereocenters. The number of carbonyl (C=O) groups excluding carboxylic acids is 5. The van der Waals surface area contributed by atoms with Crippen LogP contribution in [0.2, 0.25) is 0 Å². The highest BCUT2D eigenvalue weighted by Crippen LogP contribution is 2.08. The van der Waals surface area contributed by atoms with Crippen LogP contribution in [0.15, 0.2) is 48.5 Å². The minimum atomic E-state index is -0.473. The van der Waals surface area contributed by atoms with Gasteiger partial charge in [-0.1, -0.05) is 72.5 Å². The highest BCUT2D eigenvalue weighted by atomic mass is 16.2. The second-order valence-electron chi connectivity index (χ2n) is 15.1. The van der Waals surface area contributed by atoms with E-state index in [1.807, 2.05) is 62.4 Å². The third-order valence-corrected chi connectivity index (χ3v) is 9.47. The Labute approximate surface area is 349 Å². The van der Waals surface area contributed by atoms with Crippen LogP contribution in [0.5, 0.6) is 0 Å². The summed E-state index contributed by atoms with van der Waals surface area (Å²) in [6.45, 7) is 7.77. The molecule has 0 fully saturated rings. The van der Waals surface area contributed by atoms with Gasteiger partial charge in [0.05, 0.1) is 6.04 Å². The molecule has 0 aliphatic carbocycles. The summed E-state index contributed by atoms with van der Waals surface area (Å²) in [5.74, 6) is 0. The summed E-state index contributed by atoms with van der Waals surface area (Å²) < 4.78 is 0. The van der Waals surface area contributed by atoms with Crippen LogP contribution in [-0.4, -0.2) is 113 Å². The van der Waals surface area contributed by atoms with Crippen LogP contribution >= 0.6 is 0 Å². The summed E-state index contributed by atoms with van der Waals surface area (Å²) in [4.78, 5) is 63.3. The fourth-order valence-electron chi connectivity index (χ4n) is 6.04. The predicted octanol–water partition coefficient (Wildman–Crippen LogP) is 1.29. The number of urea groups is 5. The monoisotopic (exact) mass is 826 g/mol. The van der Waals surface area contributed by atoms with Gasteiger partial charge in [-0.3, -0.25) is 0 Å². The quantitative estimate of drug-likeness (QED) is 0.0613. The van der Waals surface area contributed by atoms with Crippen molar-refractivity contribution in [3.63, 3.8) is 0 Å². The van der Waals surface area contributed by atoms with Gasteiger partial charge >= 0.3 is 30.2 Å². The van der Waals surface area contributed by atoms with Crippen molar-refractivity contribution in [2.45, 2.75) is 102 Å². The zero-order valence-corrected chi connectivity index (χ0v) is 35.4. The number of amides is 10. The van der Waals surface area contributed by atoms with E-state index in [0.717, 1.165) is 42.4 Å². The van der Waals surface area contributed by atoms with Crippen LogP contribution in [0.1, 0.15) is 67.7 Å². The molecule has 0 radical (unpaired) electrons. The number of benzene rings is 2. The number of carbonyl (C=O) groups is 5. The Morgan fingerprint density at radius 2 is 0.898 bits per heavy atom. The van der Waals surface area contributed by atoms with Gasteiger partial charge in [0, 0.05) is 63.9 Å². The maximum absolute atomic E-state index is 13.1. The summed E-state index contributed by atoms with van der Waals surface area (Å²) in [7, 11) is 1.52. The van der Waals surface area contributed by atoms with Crippen LogP contribution in [0.3, 0.4) is 0 Å². The molecule has 0 bridgehead atoms. The van der Waals surface area contributed by atoms with E-state index in [1.54, 1.807) is 6.92 Å². The number of nitrogens with two attached hydrogens (primary N) is 3. The zero-order valence-electron chi connectivity index (χ0n) is 35.4. The summed E-state index contributed by atoms with van der Waals surface area (Å²) >= 11 is 0. The van der Waals surface area contributed by atoms with Gasteiger partial charge in [-0.25, -0.2) is 24.0 Å². The maximum atomic E-state index is 13.1. The van der Waals surface area contributed by atoms with E-state index in [1.165, 1.54) is 12.6 Å². The molecule has 2 rings (SSSR count). The molecule has 0 aliphatic rings. The van der Waals surface area contributed by atoms with E-state index in [-0.39, 0.29) is 62.9 Å². The van der Waals surface area contributed by atoms with Gasteiger partial charge < -0.3 is 70.4 Å². The lowest BCUT2D eigenvalue weighted by molar-refractivity contribution is 0.225. The second-order valence-corrected chi connectivity index (χ2v) is 15.1. The molecule has 10 amide bonds. The topological polar surface area (TPSA) is 284 Å². The molecule has 330 valence electrons. The molecule has 18 heteroatoms. The first-order valence-corrected chi connectivity index (χ1v) is 20.7. The minimum Gasteiger partial charge on any atom is -0.341 e. The SMILES string of the molecule is CNC(=O)NC[C@H](CCCCN)NC(=O)NC[C@H](Cc1ccc(C)cc1)NC(=O)NC[C@H](C)NC(=O)NC[C@H](CCCCN)NC(=O)NC[C@@H](N)Cc1ccc(C)cc1. The molecular weight excluding hydrogens is 755 g/mol. The first-order valence-electron chi connectivity index (χ1n) is 20.7. The molecule has 2 aromatic carbocycles. The summed E-state index contributed by atoms with van der Waals surface area (Å²) in [5.41, 5.74) is 21.9. The molecule has 0 unspecified atom stereocenters. The predicted molar refractivity (Wildman–Crippen MR) is 233 cm³/mol. The van der Waals surface area contributed by atoms with Gasteiger partial charge in [0.15, 0.2) is 0 Å². The zero-order chi connectivity index (χ0) is 43.4. The fraction of sp³-hybridized carbons (Fsp3) is 0.585. The molecule has 0 heterocycles. The van der Waals surface area contributed by atoms with E-state index in [9.17, 15) is 24.0 Å². The molecular formula is C41H71N13O5. The van der Waals surface area contributed by atoms with Crippen LogP contribution in [0.4, 0.5) is 24.0 Å². The van der Waals surface area contributed by atoms with Crippen molar-refractivity contribution in [3.05, 3.63) is 70.8 Å². The van der Waals surface area contributed by atoms with E-state index in [4.69, 9.17) is 17.2 Å². The Kier molecular flexibility index (Phi) is 24.5. The van der Waals surface area contributed by atoms with Crippen molar-refractivity contribution in [2.24, 2.45) is 17.2 Å². The number of hydrogen-bond acceptors (Lipinski definition) is 8. The fourth-order valence-corrected chi connectivity index (χ4v) is 6.04. The highest BCUT2D eigenvalue weighted by Gasteiger charge is 2.19. The first kappa shape index (κ1) is 49.8. The Balaban J connectivity index is 1.87. The largest absolute Gasteiger partial charge is 0.341 e. The summed E-state index contributed by atoms with van der Waals surface area (Å²) in [5, 5.41) is 28.1. The van der Waals surface area contributed by atoms with Gasteiger partial charge in [0.2, 0.25) is 0 Å². The lowest BCUT2D eigenvalue weighted by Crippen LogP contribution is -2.54. The minimum absolute atomic E-state index is 0.122. The third-order valence-electron chi connectivity index (χ3n) is 9.47. The molecule has 0 aliphatic heterocycles. The van der Waals surface area contributed by atoms with Crippen molar-refractivity contribution >= 4 is 30.2 Å². The van der Waals surface area contributed by atoms with Crippen molar-refractivity contribution in [3.8, 4) is 0 Å². The Morgan fingerprint density at radius 3 is 1.37 bits per heavy atom. The lowest BCUT2D eigenvalue weighted by atomic mass is 10.0. The highest BCUT2D eigenvalue weighted by molar-refractivity contribution is 5.77. The van der Waals surface area contributed by atoms with Gasteiger partial charge in [0.25, 0.3) is 0 Å². The van der Waals surface area contributed by atoms with E-state index < -0.39 is 30.2 Å². The normalized spacial score (nSPS) is 13.3. The third kappa shape index (κ3) is 23.6. The Morgan fingerprint density at radius 1 is 0.508 bits per heavy atom. The van der Waals surface area contributed by atoms with E-state index in [2.05, 4.69) is 53.2 Å². The molecule has 16 N–H and O–H groups in total. The molecule has 2 aromatic rings. The second kappa shape index (κ2) is 29.0. The van der Waals surface area contributed by atoms with Gasteiger partial charge in [-0.2, -0.15) is 0 Å². The van der Waals surface area contributed by atoms with E-state index >= 15 is 0 Å². The number of aryl methyl sites for hydroxylation is 2. The lowest BCUT2D eigenvalue weighted by Gasteiger charge is -2.23.